The van der Waals surface area contributed by atoms with Gasteiger partial charge >= 0.3 is 0 Å². The van der Waals surface area contributed by atoms with Crippen molar-refractivity contribution in [2.45, 2.75) is 57.0 Å². The van der Waals surface area contributed by atoms with E-state index in [9.17, 15) is 18.0 Å². The maximum atomic E-state index is 12.7. The molecule has 1 aromatic carbocycles. The van der Waals surface area contributed by atoms with Crippen molar-refractivity contribution in [3.05, 3.63) is 29.8 Å². The predicted molar refractivity (Wildman–Crippen MR) is 112 cm³/mol. The number of aryl methyl sites for hydroxylation is 1. The Kier molecular flexibility index (Phi) is 9.76. The fourth-order valence-corrected chi connectivity index (χ4v) is 3.92. The van der Waals surface area contributed by atoms with Crippen LogP contribution in [0, 0.1) is 18.3 Å². The van der Waals surface area contributed by atoms with Crippen molar-refractivity contribution < 1.29 is 18.0 Å². The van der Waals surface area contributed by atoms with Gasteiger partial charge in [-0.25, -0.2) is 8.42 Å². The third-order valence-corrected chi connectivity index (χ3v) is 5.64. The molecule has 0 fully saturated rings. The van der Waals surface area contributed by atoms with Crippen LogP contribution >= 0.6 is 0 Å². The predicted octanol–water partition coefficient (Wildman–Crippen LogP) is 0.635. The van der Waals surface area contributed by atoms with E-state index >= 15 is 0 Å². The summed E-state index contributed by atoms with van der Waals surface area (Å²) in [6, 6.07) is 4.53. The summed E-state index contributed by atoms with van der Waals surface area (Å²) in [5.41, 5.74) is 6.14. The Morgan fingerprint density at radius 3 is 2.38 bits per heavy atom. The normalized spacial score (nSPS) is 13.5. The summed E-state index contributed by atoms with van der Waals surface area (Å²) in [5.74, 6) is -0.585. The average molecular weight is 426 g/mol. The minimum absolute atomic E-state index is 0.0527. The zero-order valence-corrected chi connectivity index (χ0v) is 17.9. The van der Waals surface area contributed by atoms with Gasteiger partial charge in [-0.15, -0.1) is 0 Å². The summed E-state index contributed by atoms with van der Waals surface area (Å²) in [6.45, 7) is 6.01. The number of amides is 1. The van der Waals surface area contributed by atoms with Gasteiger partial charge in [0.2, 0.25) is 15.9 Å². The zero-order valence-electron chi connectivity index (χ0n) is 17.1. The van der Waals surface area contributed by atoms with Crippen molar-refractivity contribution in [2.75, 3.05) is 6.54 Å². The van der Waals surface area contributed by atoms with Crippen LogP contribution in [0.4, 0.5) is 0 Å². The van der Waals surface area contributed by atoms with Gasteiger partial charge < -0.3 is 21.2 Å². The van der Waals surface area contributed by atoms with Gasteiger partial charge in [0.15, 0.2) is 5.96 Å². The summed E-state index contributed by atoms with van der Waals surface area (Å²) in [4.78, 5) is 24.0. The third kappa shape index (κ3) is 9.05. The number of hydrogen-bond donors (Lipinski definition) is 5. The molecule has 1 amide bonds. The highest BCUT2D eigenvalue weighted by Crippen LogP contribution is 2.12. The molecule has 1 aromatic rings. The Balaban J connectivity index is 2.93. The van der Waals surface area contributed by atoms with Crippen LogP contribution in [0.5, 0.6) is 0 Å². The molecular weight excluding hydrogens is 394 g/mol. The third-order valence-electron chi connectivity index (χ3n) is 4.15. The molecule has 0 saturated heterocycles. The summed E-state index contributed by atoms with van der Waals surface area (Å²) < 4.78 is 27.8. The molecule has 0 heterocycles. The van der Waals surface area contributed by atoms with Gasteiger partial charge in [-0.3, -0.25) is 10.2 Å². The highest BCUT2D eigenvalue weighted by atomic mass is 32.2. The second-order valence-corrected chi connectivity index (χ2v) is 9.06. The highest BCUT2D eigenvalue weighted by Gasteiger charge is 2.27. The lowest BCUT2D eigenvalue weighted by Crippen LogP contribution is -2.50. The second-order valence-electron chi connectivity index (χ2n) is 7.35. The van der Waals surface area contributed by atoms with E-state index in [4.69, 9.17) is 11.1 Å². The van der Waals surface area contributed by atoms with E-state index < -0.39 is 28.0 Å². The number of sulfonamides is 1. The Morgan fingerprint density at radius 2 is 1.86 bits per heavy atom. The van der Waals surface area contributed by atoms with E-state index in [-0.39, 0.29) is 23.2 Å². The van der Waals surface area contributed by atoms with Gasteiger partial charge in [0, 0.05) is 6.54 Å². The van der Waals surface area contributed by atoms with Gasteiger partial charge in [-0.1, -0.05) is 31.5 Å². The van der Waals surface area contributed by atoms with Crippen molar-refractivity contribution in [3.63, 3.8) is 0 Å². The molecule has 0 saturated carbocycles. The van der Waals surface area contributed by atoms with Crippen LogP contribution in [-0.4, -0.2) is 45.2 Å². The van der Waals surface area contributed by atoms with Crippen LogP contribution in [0.3, 0.4) is 0 Å². The Labute approximate surface area is 172 Å². The van der Waals surface area contributed by atoms with Gasteiger partial charge in [0.05, 0.1) is 10.9 Å². The van der Waals surface area contributed by atoms with Gasteiger partial charge in [0.25, 0.3) is 0 Å². The van der Waals surface area contributed by atoms with Crippen LogP contribution in [0.1, 0.15) is 38.7 Å². The first-order valence-corrected chi connectivity index (χ1v) is 11.0. The molecule has 1 rings (SSSR count). The van der Waals surface area contributed by atoms with Gasteiger partial charge in [-0.05, 0) is 44.2 Å². The maximum absolute atomic E-state index is 12.7. The smallest absolute Gasteiger partial charge is 0.241 e. The number of benzene rings is 1. The largest absolute Gasteiger partial charge is 0.370 e. The maximum Gasteiger partial charge on any atom is 0.241 e. The molecule has 0 radical (unpaired) electrons. The van der Waals surface area contributed by atoms with E-state index in [0.29, 0.717) is 25.7 Å². The molecule has 0 aliphatic heterocycles. The summed E-state index contributed by atoms with van der Waals surface area (Å²) in [7, 11) is -3.93. The first kappa shape index (κ1) is 24.6. The monoisotopic (exact) mass is 425 g/mol. The van der Waals surface area contributed by atoms with Crippen LogP contribution < -0.4 is 21.1 Å². The molecule has 0 unspecified atom stereocenters. The van der Waals surface area contributed by atoms with Crippen LogP contribution in [0.25, 0.3) is 0 Å². The first-order valence-electron chi connectivity index (χ1n) is 9.47. The summed E-state index contributed by atoms with van der Waals surface area (Å²) in [6.07, 6.45) is 1.67. The summed E-state index contributed by atoms with van der Waals surface area (Å²) >= 11 is 0. The molecule has 0 spiro atoms. The lowest BCUT2D eigenvalue weighted by Gasteiger charge is -2.22. The van der Waals surface area contributed by atoms with Crippen molar-refractivity contribution in [3.8, 4) is 0 Å². The number of nitrogens with one attached hydrogen (secondary N) is 4. The second kappa shape index (κ2) is 11.5. The van der Waals surface area contributed by atoms with E-state index in [1.807, 2.05) is 20.8 Å². The molecular formula is C19H31N5O4S. The molecule has 29 heavy (non-hydrogen) atoms. The van der Waals surface area contributed by atoms with E-state index in [1.54, 1.807) is 12.1 Å². The highest BCUT2D eigenvalue weighted by molar-refractivity contribution is 7.89. The molecule has 162 valence electrons. The lowest BCUT2D eigenvalue weighted by atomic mass is 10.0. The van der Waals surface area contributed by atoms with Crippen molar-refractivity contribution >= 4 is 28.2 Å². The molecule has 9 nitrogen and oxygen atoms in total. The Hall–Kier alpha value is -2.46. The summed E-state index contributed by atoms with van der Waals surface area (Å²) in [5, 5.41) is 12.4. The van der Waals surface area contributed by atoms with Crippen molar-refractivity contribution in [2.24, 2.45) is 11.7 Å². The SMILES string of the molecule is Cc1ccc(S(=O)(=O)N[C@@H](CCCNC(=N)N)C(=O)N[C@H](C=O)CC(C)C)cc1. The number of carbonyl (C=O) groups is 2. The number of nitrogens with two attached hydrogens (primary N) is 1. The van der Waals surface area contributed by atoms with Crippen molar-refractivity contribution in [1.82, 2.24) is 15.4 Å². The topological polar surface area (TPSA) is 154 Å². The lowest BCUT2D eigenvalue weighted by molar-refractivity contribution is -0.125. The molecule has 0 bridgehead atoms. The average Bonchev–Trinajstić information content (AvgIpc) is 2.63. The van der Waals surface area contributed by atoms with E-state index in [1.165, 1.54) is 12.1 Å². The number of aldehydes is 1. The molecule has 10 heteroatoms. The number of hydrogen-bond acceptors (Lipinski definition) is 5. The standard InChI is InChI=1S/C19H31N5O4S/c1-13(2)11-15(12-25)23-18(26)17(5-4-10-22-19(20)21)24-29(27,28)16-8-6-14(3)7-9-16/h6-9,12-13,15,17,24H,4-5,10-11H2,1-3H3,(H,23,26)(H4,20,21,22)/t15-,17-/m0/s1. The molecule has 0 aliphatic rings. The minimum Gasteiger partial charge on any atom is -0.370 e. The van der Waals surface area contributed by atoms with Crippen LogP contribution in [0.15, 0.2) is 29.2 Å². The molecule has 2 atom stereocenters. The van der Waals surface area contributed by atoms with Gasteiger partial charge in [0.1, 0.15) is 12.3 Å². The Morgan fingerprint density at radius 1 is 1.24 bits per heavy atom. The zero-order chi connectivity index (χ0) is 22.0. The first-order chi connectivity index (χ1) is 13.5. The minimum atomic E-state index is -3.93. The van der Waals surface area contributed by atoms with E-state index in [0.717, 1.165) is 5.56 Å². The number of guanidine groups is 1. The van der Waals surface area contributed by atoms with Gasteiger partial charge in [-0.2, -0.15) is 4.72 Å². The van der Waals surface area contributed by atoms with E-state index in [2.05, 4.69) is 15.4 Å². The molecule has 0 aromatic heterocycles. The number of rotatable bonds is 12. The molecule has 0 aliphatic carbocycles. The quantitative estimate of drug-likeness (QED) is 0.143. The van der Waals surface area contributed by atoms with Crippen molar-refractivity contribution in [1.29, 1.82) is 5.41 Å². The molecule has 6 N–H and O–H groups in total. The fourth-order valence-electron chi connectivity index (χ4n) is 2.69. The van der Waals surface area contributed by atoms with Crippen LogP contribution in [0.2, 0.25) is 0 Å². The number of carbonyl (C=O) groups excluding carboxylic acids is 2. The fraction of sp³-hybridized carbons (Fsp3) is 0.526. The Bertz CT molecular complexity index is 793. The van der Waals surface area contributed by atoms with Crippen LogP contribution in [-0.2, 0) is 19.6 Å².